The molecule has 586 valence electrons. The fraction of sp³-hybridized carbons (Fsp3) is 0.943. The fourth-order valence-electron chi connectivity index (χ4n) is 13.6. The molecular formula is C70H128N2O28. The summed E-state index contributed by atoms with van der Waals surface area (Å²) in [7, 11) is 0. The third kappa shape index (κ3) is 28.1. The van der Waals surface area contributed by atoms with Crippen molar-refractivity contribution in [1.82, 2.24) is 10.6 Å². The molecule has 0 saturated carbocycles. The number of carbonyl (C=O) groups is 2. The van der Waals surface area contributed by atoms with Gasteiger partial charge in [-0.05, 0) is 19.3 Å². The van der Waals surface area contributed by atoms with Crippen molar-refractivity contribution in [3.63, 3.8) is 0 Å². The standard InChI is InChI=1S/C70H128N2O28/c1-4-6-8-10-12-14-16-18-19-20-21-23-25-27-29-31-33-35-50(80)72-43(44(79)34-32-30-28-26-24-22-17-15-13-11-9-7-5-2)41-91-67-59(88)57(86)62(49(40-77)96-67)97-69-60(89)64(54(83)47(38-75)94-69)99-66-51(71-42(3)78)63(53(82)46(37-74)92-66)98-70-61(90)65(55(84)48(39-76)95-70)100-68-58(87)56(85)52(81)45(36-73)93-68/h32,34,43-49,51-70,73-77,79,81-90H,4-31,33,35-41H2,1-3H3,(H,71,78)(H,72,80)/b34-32+/t43-,44+,45?,46?,47?,48?,49?,51?,52-,53+,54-,55-,56-,57+,58?,59?,60?,61?,62+,63+,64-,65-,66-,67+,68-,69-,70-/m0/s1. The minimum atomic E-state index is -2.18. The summed E-state index contributed by atoms with van der Waals surface area (Å²) in [6.07, 6.45) is -9.16. The number of hydrogen-bond donors (Lipinski definition) is 18. The highest BCUT2D eigenvalue weighted by Crippen LogP contribution is 2.37. The molecule has 0 aromatic carbocycles. The monoisotopic (exact) mass is 1440 g/mol. The lowest BCUT2D eigenvalue weighted by Gasteiger charge is -2.50. The summed E-state index contributed by atoms with van der Waals surface area (Å²) < 4.78 is 58.5. The van der Waals surface area contributed by atoms with Crippen LogP contribution >= 0.6 is 0 Å². The summed E-state index contributed by atoms with van der Waals surface area (Å²) >= 11 is 0. The lowest BCUT2D eigenvalue weighted by atomic mass is 9.94. The predicted molar refractivity (Wildman–Crippen MR) is 359 cm³/mol. The molecular weight excluding hydrogens is 1320 g/mol. The van der Waals surface area contributed by atoms with E-state index in [9.17, 15) is 91.3 Å². The van der Waals surface area contributed by atoms with Crippen LogP contribution in [0.2, 0.25) is 0 Å². The molecule has 27 atom stereocenters. The smallest absolute Gasteiger partial charge is 0.220 e. The van der Waals surface area contributed by atoms with Crippen LogP contribution in [-0.4, -0.2) is 299 Å². The Kier molecular flexibility index (Phi) is 43.0. The number of amides is 2. The molecule has 5 heterocycles. The van der Waals surface area contributed by atoms with E-state index >= 15 is 0 Å². The molecule has 5 saturated heterocycles. The SMILES string of the molecule is CCCCCCCCCCCCC/C=C/[C@@H](O)[C@H](CO[C@@H]1OC(CO)[C@@H](O[C@@H]2OC(CO)[C@H](O)[C@H](O[C@@H]3OC(CO)[C@@H](O)[C@H](O[C@@H]4OC(CO)[C@H](O)[C@H](O[C@@H]5OC(CO)[C@H](O)[C@H](O)C5O)C4O)C3NC(C)=O)C2O)[C@H](O)C1O)NC(=O)CCCCCCCCCCCCCCCCCCC. The maximum atomic E-state index is 13.5. The summed E-state index contributed by atoms with van der Waals surface area (Å²) in [5.41, 5.74) is 0. The number of nitrogens with one attached hydrogen (secondary N) is 2. The van der Waals surface area contributed by atoms with Gasteiger partial charge >= 0.3 is 0 Å². The van der Waals surface area contributed by atoms with Crippen LogP contribution in [0.3, 0.4) is 0 Å². The Morgan fingerprint density at radius 1 is 0.390 bits per heavy atom. The van der Waals surface area contributed by atoms with Gasteiger partial charge in [0.15, 0.2) is 31.5 Å². The van der Waals surface area contributed by atoms with Crippen molar-refractivity contribution in [1.29, 1.82) is 0 Å². The van der Waals surface area contributed by atoms with Gasteiger partial charge in [0.25, 0.3) is 0 Å². The van der Waals surface area contributed by atoms with Gasteiger partial charge in [0.1, 0.15) is 122 Å². The van der Waals surface area contributed by atoms with Crippen molar-refractivity contribution < 1.29 is 139 Å². The zero-order valence-electron chi connectivity index (χ0n) is 59.3. The molecule has 0 aliphatic carbocycles. The molecule has 30 nitrogen and oxygen atoms in total. The van der Waals surface area contributed by atoms with Crippen LogP contribution in [0.5, 0.6) is 0 Å². The molecule has 2 amide bonds. The van der Waals surface area contributed by atoms with E-state index in [1.165, 1.54) is 122 Å². The Hall–Kier alpha value is -2.36. The zero-order chi connectivity index (χ0) is 73.1. The largest absolute Gasteiger partial charge is 0.394 e. The average Bonchev–Trinajstić information content (AvgIpc) is 0.772. The van der Waals surface area contributed by atoms with Crippen LogP contribution in [0.25, 0.3) is 0 Å². The third-order valence-electron chi connectivity index (χ3n) is 19.7. The summed E-state index contributed by atoms with van der Waals surface area (Å²) in [5, 5.41) is 181. The third-order valence-corrected chi connectivity index (χ3v) is 19.7. The summed E-state index contributed by atoms with van der Waals surface area (Å²) in [5.74, 6) is -1.17. The minimum absolute atomic E-state index is 0.189. The first kappa shape index (κ1) is 88.3. The van der Waals surface area contributed by atoms with Gasteiger partial charge in [0.05, 0.1) is 51.8 Å². The Morgan fingerprint density at radius 2 is 0.740 bits per heavy atom. The maximum absolute atomic E-state index is 13.5. The molecule has 5 aliphatic rings. The van der Waals surface area contributed by atoms with Crippen molar-refractivity contribution in [2.75, 3.05) is 39.6 Å². The molecule has 5 rings (SSSR count). The van der Waals surface area contributed by atoms with E-state index < -0.39 is 211 Å². The average molecular weight is 1450 g/mol. The predicted octanol–water partition coefficient (Wildman–Crippen LogP) is 0.388. The topological polar surface area (TPSA) is 474 Å². The summed E-state index contributed by atoms with van der Waals surface area (Å²) in [6, 6.07) is -2.83. The van der Waals surface area contributed by atoms with Crippen LogP contribution in [0.15, 0.2) is 12.2 Å². The van der Waals surface area contributed by atoms with E-state index in [1.807, 2.05) is 6.08 Å². The quantitative estimate of drug-likeness (QED) is 0.0289. The molecule has 5 fully saturated rings. The molecule has 5 aliphatic heterocycles. The number of unbranched alkanes of at least 4 members (excludes halogenated alkanes) is 27. The van der Waals surface area contributed by atoms with Crippen LogP contribution in [0.1, 0.15) is 213 Å². The number of rotatable bonds is 50. The van der Waals surface area contributed by atoms with E-state index in [1.54, 1.807) is 6.08 Å². The maximum Gasteiger partial charge on any atom is 0.220 e. The van der Waals surface area contributed by atoms with Crippen molar-refractivity contribution in [2.45, 2.75) is 379 Å². The molecule has 0 aromatic heterocycles. The molecule has 100 heavy (non-hydrogen) atoms. The second-order valence-electron chi connectivity index (χ2n) is 27.8. The van der Waals surface area contributed by atoms with E-state index in [-0.39, 0.29) is 12.3 Å². The molecule has 0 bridgehead atoms. The number of hydrogen-bond acceptors (Lipinski definition) is 28. The number of aliphatic hydroxyl groups excluding tert-OH is 16. The fourth-order valence-corrected chi connectivity index (χ4v) is 13.6. The van der Waals surface area contributed by atoms with E-state index in [2.05, 4.69) is 24.5 Å². The van der Waals surface area contributed by atoms with E-state index in [0.717, 1.165) is 58.3 Å². The van der Waals surface area contributed by atoms with E-state index in [4.69, 9.17) is 47.4 Å². The van der Waals surface area contributed by atoms with Crippen LogP contribution < -0.4 is 10.6 Å². The van der Waals surface area contributed by atoms with Crippen molar-refractivity contribution >= 4 is 11.8 Å². The van der Waals surface area contributed by atoms with Gasteiger partial charge in [-0.2, -0.15) is 0 Å². The summed E-state index contributed by atoms with van der Waals surface area (Å²) in [6.45, 7) is 0.293. The first-order valence-corrected chi connectivity index (χ1v) is 37.5. The Morgan fingerprint density at radius 3 is 1.18 bits per heavy atom. The highest BCUT2D eigenvalue weighted by molar-refractivity contribution is 5.76. The van der Waals surface area contributed by atoms with Crippen molar-refractivity contribution in [3.05, 3.63) is 12.2 Å². The Balaban J connectivity index is 1.22. The zero-order valence-corrected chi connectivity index (χ0v) is 59.3. The number of aliphatic hydroxyl groups is 16. The van der Waals surface area contributed by atoms with Crippen molar-refractivity contribution in [2.24, 2.45) is 0 Å². The Bertz CT molecular complexity index is 2180. The van der Waals surface area contributed by atoms with Gasteiger partial charge in [-0.25, -0.2) is 0 Å². The summed E-state index contributed by atoms with van der Waals surface area (Å²) in [4.78, 5) is 26.4. The minimum Gasteiger partial charge on any atom is -0.394 e. The first-order valence-electron chi connectivity index (χ1n) is 37.5. The highest BCUT2D eigenvalue weighted by atomic mass is 16.8. The van der Waals surface area contributed by atoms with Crippen LogP contribution in [-0.2, 0) is 57.0 Å². The normalized spacial score (nSPS) is 35.6. The van der Waals surface area contributed by atoms with Gasteiger partial charge in [0, 0.05) is 13.3 Å². The molecule has 0 aromatic rings. The molecule has 10 unspecified atom stereocenters. The molecule has 18 N–H and O–H groups in total. The van der Waals surface area contributed by atoms with Gasteiger partial charge in [-0.15, -0.1) is 0 Å². The van der Waals surface area contributed by atoms with Gasteiger partial charge < -0.3 is 140 Å². The van der Waals surface area contributed by atoms with Crippen molar-refractivity contribution in [3.8, 4) is 0 Å². The molecule has 0 spiro atoms. The van der Waals surface area contributed by atoms with Gasteiger partial charge in [-0.1, -0.05) is 193 Å². The second kappa shape index (κ2) is 48.8. The number of ether oxygens (including phenoxy) is 10. The number of allylic oxidation sites excluding steroid dienone is 1. The number of carbonyl (C=O) groups excluding carboxylic acids is 2. The van der Waals surface area contributed by atoms with Gasteiger partial charge in [0.2, 0.25) is 11.8 Å². The lowest BCUT2D eigenvalue weighted by Crippen LogP contribution is -2.70. The van der Waals surface area contributed by atoms with E-state index in [0.29, 0.717) is 12.8 Å². The molecule has 30 heteroatoms. The second-order valence-corrected chi connectivity index (χ2v) is 27.8. The van der Waals surface area contributed by atoms with Crippen LogP contribution in [0, 0.1) is 0 Å². The van der Waals surface area contributed by atoms with Gasteiger partial charge in [-0.3, -0.25) is 9.59 Å². The Labute approximate surface area is 589 Å². The first-order chi connectivity index (χ1) is 48.2. The lowest BCUT2D eigenvalue weighted by molar-refractivity contribution is -0.386. The molecule has 0 radical (unpaired) electrons. The van der Waals surface area contributed by atoms with Crippen LogP contribution in [0.4, 0.5) is 0 Å². The highest BCUT2D eigenvalue weighted by Gasteiger charge is 2.57.